The van der Waals surface area contributed by atoms with Crippen LogP contribution in [0.3, 0.4) is 0 Å². The smallest absolute Gasteiger partial charge is 0.251 e. The summed E-state index contributed by atoms with van der Waals surface area (Å²) in [6, 6.07) is 19.4. The molecule has 3 N–H and O–H groups in total. The summed E-state index contributed by atoms with van der Waals surface area (Å²) >= 11 is 5.90. The molecule has 0 aliphatic heterocycles. The van der Waals surface area contributed by atoms with Crippen LogP contribution in [0, 0.1) is 0 Å². The van der Waals surface area contributed by atoms with E-state index >= 15 is 0 Å². The van der Waals surface area contributed by atoms with Gasteiger partial charge in [0.25, 0.3) is 5.91 Å². The van der Waals surface area contributed by atoms with E-state index in [1.54, 1.807) is 48.5 Å². The lowest BCUT2D eigenvalue weighted by molar-refractivity contribution is 0.0952. The molecule has 0 fully saturated rings. The Morgan fingerprint density at radius 3 is 2.42 bits per heavy atom. The highest BCUT2D eigenvalue weighted by Gasteiger charge is 2.11. The van der Waals surface area contributed by atoms with Crippen molar-refractivity contribution in [3.8, 4) is 11.5 Å². The second kappa shape index (κ2) is 10.5. The van der Waals surface area contributed by atoms with Gasteiger partial charge in [0.05, 0.1) is 7.11 Å². The molecule has 0 saturated carbocycles. The third-order valence-corrected chi connectivity index (χ3v) is 4.90. The zero-order valence-corrected chi connectivity index (χ0v) is 17.8. The van der Waals surface area contributed by atoms with Gasteiger partial charge in [0, 0.05) is 22.7 Å². The van der Waals surface area contributed by atoms with Crippen LogP contribution in [0.15, 0.2) is 66.7 Å². The predicted molar refractivity (Wildman–Crippen MR) is 120 cm³/mol. The Kier molecular flexibility index (Phi) is 7.51. The van der Waals surface area contributed by atoms with E-state index in [9.17, 15) is 9.59 Å². The molecule has 3 rings (SSSR count). The molecule has 160 valence electrons. The Labute approximate surface area is 185 Å². The fourth-order valence-electron chi connectivity index (χ4n) is 2.97. The van der Waals surface area contributed by atoms with E-state index in [-0.39, 0.29) is 5.91 Å². The molecule has 0 unspecified atom stereocenters. The SMILES string of the molecule is COc1cc(C(=O)NCCc2cccc(C(N)=O)c2)ccc1OCc1ccc(Cl)cc1. The van der Waals surface area contributed by atoms with Crippen LogP contribution >= 0.6 is 11.6 Å². The predicted octanol–water partition coefficient (Wildman–Crippen LogP) is 4.00. The molecule has 3 aromatic rings. The molecule has 0 spiro atoms. The maximum absolute atomic E-state index is 12.5. The van der Waals surface area contributed by atoms with Crippen molar-refractivity contribution in [1.29, 1.82) is 0 Å². The summed E-state index contributed by atoms with van der Waals surface area (Å²) in [5.74, 6) is 0.304. The molecule has 0 atom stereocenters. The van der Waals surface area contributed by atoms with Crippen LogP contribution < -0.4 is 20.5 Å². The van der Waals surface area contributed by atoms with E-state index in [2.05, 4.69) is 5.32 Å². The third kappa shape index (κ3) is 6.23. The van der Waals surface area contributed by atoms with Crippen molar-refractivity contribution in [3.63, 3.8) is 0 Å². The van der Waals surface area contributed by atoms with E-state index < -0.39 is 5.91 Å². The Morgan fingerprint density at radius 1 is 0.935 bits per heavy atom. The fourth-order valence-corrected chi connectivity index (χ4v) is 3.10. The summed E-state index contributed by atoms with van der Waals surface area (Å²) in [5, 5.41) is 3.53. The molecule has 0 aromatic heterocycles. The van der Waals surface area contributed by atoms with Gasteiger partial charge in [0.1, 0.15) is 6.61 Å². The van der Waals surface area contributed by atoms with Gasteiger partial charge in [-0.2, -0.15) is 0 Å². The number of hydrogen-bond donors (Lipinski definition) is 2. The molecule has 31 heavy (non-hydrogen) atoms. The quantitative estimate of drug-likeness (QED) is 0.528. The zero-order valence-electron chi connectivity index (χ0n) is 17.1. The highest BCUT2D eigenvalue weighted by atomic mass is 35.5. The van der Waals surface area contributed by atoms with Crippen LogP contribution in [0.25, 0.3) is 0 Å². The Hall–Kier alpha value is -3.51. The second-order valence-corrected chi connectivity index (χ2v) is 7.29. The number of carbonyl (C=O) groups excluding carboxylic acids is 2. The lowest BCUT2D eigenvalue weighted by Crippen LogP contribution is -2.25. The van der Waals surface area contributed by atoms with Crippen molar-refractivity contribution in [2.24, 2.45) is 5.73 Å². The number of rotatable bonds is 9. The maximum atomic E-state index is 12.5. The summed E-state index contributed by atoms with van der Waals surface area (Å²) in [6.45, 7) is 0.765. The molecule has 2 amide bonds. The highest BCUT2D eigenvalue weighted by Crippen LogP contribution is 2.29. The van der Waals surface area contributed by atoms with Crippen molar-refractivity contribution in [2.75, 3.05) is 13.7 Å². The van der Waals surface area contributed by atoms with E-state index in [1.165, 1.54) is 7.11 Å². The van der Waals surface area contributed by atoms with Crippen molar-refractivity contribution >= 4 is 23.4 Å². The molecule has 0 radical (unpaired) electrons. The Bertz CT molecular complexity index is 1070. The number of carbonyl (C=O) groups is 2. The molecular weight excluding hydrogens is 416 g/mol. The number of nitrogens with one attached hydrogen (secondary N) is 1. The second-order valence-electron chi connectivity index (χ2n) is 6.85. The number of hydrogen-bond acceptors (Lipinski definition) is 4. The molecule has 6 nitrogen and oxygen atoms in total. The van der Waals surface area contributed by atoms with Gasteiger partial charge in [-0.1, -0.05) is 35.9 Å². The minimum atomic E-state index is -0.476. The first-order chi connectivity index (χ1) is 15.0. The van der Waals surface area contributed by atoms with Gasteiger partial charge in [0.2, 0.25) is 5.91 Å². The number of benzene rings is 3. The molecular formula is C24H23ClN2O4. The largest absolute Gasteiger partial charge is 0.493 e. The third-order valence-electron chi connectivity index (χ3n) is 4.64. The minimum Gasteiger partial charge on any atom is -0.493 e. The van der Waals surface area contributed by atoms with Gasteiger partial charge in [-0.25, -0.2) is 0 Å². The van der Waals surface area contributed by atoms with Crippen LogP contribution in [0.4, 0.5) is 0 Å². The van der Waals surface area contributed by atoms with Crippen LogP contribution in [0.5, 0.6) is 11.5 Å². The number of methoxy groups -OCH3 is 1. The first-order valence-electron chi connectivity index (χ1n) is 9.68. The van der Waals surface area contributed by atoms with Gasteiger partial charge >= 0.3 is 0 Å². The average Bonchev–Trinajstić information content (AvgIpc) is 2.78. The zero-order chi connectivity index (χ0) is 22.2. The number of nitrogens with two attached hydrogens (primary N) is 1. The number of ether oxygens (including phenoxy) is 2. The summed E-state index contributed by atoms with van der Waals surface area (Å²) in [5.41, 5.74) is 8.09. The number of amides is 2. The van der Waals surface area contributed by atoms with Gasteiger partial charge in [-0.05, 0) is 60.0 Å². The Balaban J connectivity index is 1.58. The molecule has 0 heterocycles. The minimum absolute atomic E-state index is 0.228. The number of primary amides is 1. The molecule has 0 bridgehead atoms. The Morgan fingerprint density at radius 2 is 1.71 bits per heavy atom. The highest BCUT2D eigenvalue weighted by molar-refractivity contribution is 6.30. The summed E-state index contributed by atoms with van der Waals surface area (Å²) in [7, 11) is 1.53. The van der Waals surface area contributed by atoms with Crippen molar-refractivity contribution < 1.29 is 19.1 Å². The van der Waals surface area contributed by atoms with Crippen molar-refractivity contribution in [2.45, 2.75) is 13.0 Å². The molecule has 0 saturated heterocycles. The van der Waals surface area contributed by atoms with Crippen molar-refractivity contribution in [3.05, 3.63) is 94.0 Å². The van der Waals surface area contributed by atoms with Crippen molar-refractivity contribution in [1.82, 2.24) is 5.32 Å². The van der Waals surface area contributed by atoms with Gasteiger partial charge < -0.3 is 20.5 Å². The van der Waals surface area contributed by atoms with E-state index in [0.717, 1.165) is 11.1 Å². The number of halogens is 1. The lowest BCUT2D eigenvalue weighted by atomic mass is 10.1. The molecule has 3 aromatic carbocycles. The molecule has 0 aliphatic carbocycles. The lowest BCUT2D eigenvalue weighted by Gasteiger charge is -2.13. The fraction of sp³-hybridized carbons (Fsp3) is 0.167. The van der Waals surface area contributed by atoms with E-state index in [1.807, 2.05) is 18.2 Å². The molecule has 0 aliphatic rings. The average molecular weight is 439 g/mol. The first-order valence-corrected chi connectivity index (χ1v) is 10.1. The van der Waals surface area contributed by atoms with E-state index in [4.69, 9.17) is 26.8 Å². The standard InChI is InChI=1S/C24H23ClN2O4/c1-30-22-14-19(7-10-21(22)31-15-17-5-8-20(25)9-6-17)24(29)27-12-11-16-3-2-4-18(13-16)23(26)28/h2-10,13-14H,11-12,15H2,1H3,(H2,26,28)(H,27,29). The normalized spacial score (nSPS) is 10.4. The van der Waals surface area contributed by atoms with Crippen LogP contribution in [0.2, 0.25) is 5.02 Å². The topological polar surface area (TPSA) is 90.6 Å². The summed E-state index contributed by atoms with van der Waals surface area (Å²) in [6.07, 6.45) is 0.576. The van der Waals surface area contributed by atoms with Gasteiger partial charge in [-0.15, -0.1) is 0 Å². The molecule has 7 heteroatoms. The first kappa shape index (κ1) is 22.2. The van der Waals surface area contributed by atoms with Crippen LogP contribution in [-0.4, -0.2) is 25.5 Å². The monoisotopic (exact) mass is 438 g/mol. The summed E-state index contributed by atoms with van der Waals surface area (Å²) in [4.78, 5) is 23.8. The summed E-state index contributed by atoms with van der Waals surface area (Å²) < 4.78 is 11.2. The van der Waals surface area contributed by atoms with Gasteiger partial charge in [-0.3, -0.25) is 9.59 Å². The van der Waals surface area contributed by atoms with Crippen LogP contribution in [-0.2, 0) is 13.0 Å². The maximum Gasteiger partial charge on any atom is 0.251 e. The van der Waals surface area contributed by atoms with Gasteiger partial charge in [0.15, 0.2) is 11.5 Å². The van der Waals surface area contributed by atoms with Crippen LogP contribution in [0.1, 0.15) is 31.8 Å². The van der Waals surface area contributed by atoms with E-state index in [0.29, 0.717) is 47.2 Å².